The maximum Gasteiger partial charge on any atom is 0.249 e. The van der Waals surface area contributed by atoms with E-state index in [0.717, 1.165) is 18.4 Å². The number of carbonyl (C=O) groups excluding carboxylic acids is 2. The molecule has 2 atom stereocenters. The van der Waals surface area contributed by atoms with Crippen LogP contribution in [-0.2, 0) is 20.9 Å². The number of pyridine rings is 1. The molecule has 0 spiro atoms. The molecule has 0 saturated carbocycles. The summed E-state index contributed by atoms with van der Waals surface area (Å²) in [5.74, 6) is -0.438. The van der Waals surface area contributed by atoms with Gasteiger partial charge < -0.3 is 15.4 Å². The number of hydrogen-bond acceptors (Lipinski definition) is 4. The molecule has 1 aliphatic heterocycles. The van der Waals surface area contributed by atoms with E-state index in [1.54, 1.807) is 19.3 Å². The third kappa shape index (κ3) is 4.03. The van der Waals surface area contributed by atoms with Crippen LogP contribution >= 0.6 is 0 Å². The molecule has 0 radical (unpaired) electrons. The quantitative estimate of drug-likeness (QED) is 0.815. The van der Waals surface area contributed by atoms with E-state index in [0.29, 0.717) is 13.2 Å². The van der Waals surface area contributed by atoms with Gasteiger partial charge in [0.15, 0.2) is 0 Å². The summed E-state index contributed by atoms with van der Waals surface area (Å²) >= 11 is 0. The summed E-state index contributed by atoms with van der Waals surface area (Å²) in [6.45, 7) is 2.66. The first-order chi connectivity index (χ1) is 9.66. The van der Waals surface area contributed by atoms with Crippen molar-refractivity contribution in [2.75, 3.05) is 6.61 Å². The summed E-state index contributed by atoms with van der Waals surface area (Å²) in [5.41, 5.74) is 0.915. The molecule has 1 saturated heterocycles. The van der Waals surface area contributed by atoms with Gasteiger partial charge in [0.2, 0.25) is 11.8 Å². The van der Waals surface area contributed by atoms with E-state index in [9.17, 15) is 9.59 Å². The smallest absolute Gasteiger partial charge is 0.249 e. The third-order valence-electron chi connectivity index (χ3n) is 3.16. The van der Waals surface area contributed by atoms with Crippen molar-refractivity contribution in [2.24, 2.45) is 0 Å². The Morgan fingerprint density at radius 1 is 1.55 bits per heavy atom. The molecule has 2 N–H and O–H groups in total. The predicted molar refractivity (Wildman–Crippen MR) is 72.7 cm³/mol. The van der Waals surface area contributed by atoms with Crippen molar-refractivity contribution in [1.82, 2.24) is 15.6 Å². The van der Waals surface area contributed by atoms with Crippen LogP contribution in [-0.4, -0.2) is 35.6 Å². The van der Waals surface area contributed by atoms with Crippen LogP contribution in [0.25, 0.3) is 0 Å². The average Bonchev–Trinajstić information content (AvgIpc) is 3.00. The van der Waals surface area contributed by atoms with Crippen molar-refractivity contribution in [3.63, 3.8) is 0 Å². The van der Waals surface area contributed by atoms with Crippen LogP contribution in [0, 0.1) is 0 Å². The standard InChI is InChI=1S/C14H19N3O3/c1-10(17-14(19)12-5-3-7-20-12)13(18)16-9-11-4-2-6-15-8-11/h2,4,6,8,10,12H,3,5,7,9H2,1H3,(H,16,18)(H,17,19)/t10-,12?/m0/s1. The van der Waals surface area contributed by atoms with E-state index in [1.807, 2.05) is 12.1 Å². The van der Waals surface area contributed by atoms with E-state index in [-0.39, 0.29) is 11.8 Å². The second-order valence-electron chi connectivity index (χ2n) is 4.81. The van der Waals surface area contributed by atoms with Crippen molar-refractivity contribution in [3.05, 3.63) is 30.1 Å². The topological polar surface area (TPSA) is 80.3 Å². The Hall–Kier alpha value is -1.95. The monoisotopic (exact) mass is 277 g/mol. The van der Waals surface area contributed by atoms with Gasteiger partial charge in [-0.1, -0.05) is 6.07 Å². The van der Waals surface area contributed by atoms with Gasteiger partial charge in [0.05, 0.1) is 0 Å². The molecule has 1 aliphatic rings. The largest absolute Gasteiger partial charge is 0.368 e. The van der Waals surface area contributed by atoms with Crippen molar-refractivity contribution in [1.29, 1.82) is 0 Å². The van der Waals surface area contributed by atoms with Gasteiger partial charge in [-0.3, -0.25) is 14.6 Å². The minimum absolute atomic E-state index is 0.216. The van der Waals surface area contributed by atoms with Crippen molar-refractivity contribution < 1.29 is 14.3 Å². The highest BCUT2D eigenvalue weighted by Crippen LogP contribution is 2.11. The molecule has 1 aromatic heterocycles. The first-order valence-electron chi connectivity index (χ1n) is 6.75. The van der Waals surface area contributed by atoms with Crippen LogP contribution in [0.4, 0.5) is 0 Å². The Morgan fingerprint density at radius 2 is 2.40 bits per heavy atom. The molecule has 6 nitrogen and oxygen atoms in total. The number of nitrogens with zero attached hydrogens (tertiary/aromatic N) is 1. The average molecular weight is 277 g/mol. The molecule has 1 fully saturated rings. The number of ether oxygens (including phenoxy) is 1. The lowest BCUT2D eigenvalue weighted by molar-refractivity contribution is -0.134. The first-order valence-corrected chi connectivity index (χ1v) is 6.75. The molecule has 2 amide bonds. The highest BCUT2D eigenvalue weighted by molar-refractivity contribution is 5.89. The molecule has 1 unspecified atom stereocenters. The number of rotatable bonds is 5. The lowest BCUT2D eigenvalue weighted by atomic mass is 10.2. The molecule has 0 aromatic carbocycles. The number of carbonyl (C=O) groups is 2. The van der Waals surface area contributed by atoms with Crippen LogP contribution in [0.1, 0.15) is 25.3 Å². The molecule has 0 aliphatic carbocycles. The van der Waals surface area contributed by atoms with E-state index in [4.69, 9.17) is 4.74 Å². The molecule has 2 heterocycles. The lowest BCUT2D eigenvalue weighted by Crippen LogP contribution is -2.47. The fourth-order valence-corrected chi connectivity index (χ4v) is 2.00. The van der Waals surface area contributed by atoms with Crippen molar-refractivity contribution >= 4 is 11.8 Å². The zero-order chi connectivity index (χ0) is 14.4. The first kappa shape index (κ1) is 14.5. The molecule has 2 rings (SSSR count). The summed E-state index contributed by atoms with van der Waals surface area (Å²) < 4.78 is 5.27. The number of amides is 2. The van der Waals surface area contributed by atoms with Gasteiger partial charge in [0.1, 0.15) is 12.1 Å². The highest BCUT2D eigenvalue weighted by atomic mass is 16.5. The van der Waals surface area contributed by atoms with Crippen molar-refractivity contribution in [2.45, 2.75) is 38.5 Å². The van der Waals surface area contributed by atoms with Gasteiger partial charge >= 0.3 is 0 Å². The minimum atomic E-state index is -0.580. The van der Waals surface area contributed by atoms with Gasteiger partial charge in [-0.05, 0) is 31.4 Å². The van der Waals surface area contributed by atoms with E-state index in [2.05, 4.69) is 15.6 Å². The molecule has 108 valence electrons. The summed E-state index contributed by atoms with van der Waals surface area (Å²) in [5, 5.41) is 5.43. The zero-order valence-corrected chi connectivity index (χ0v) is 11.5. The van der Waals surface area contributed by atoms with Crippen LogP contribution in [0.3, 0.4) is 0 Å². The molecular formula is C14H19N3O3. The third-order valence-corrected chi connectivity index (χ3v) is 3.16. The highest BCUT2D eigenvalue weighted by Gasteiger charge is 2.26. The minimum Gasteiger partial charge on any atom is -0.368 e. The normalized spacial score (nSPS) is 19.4. The maximum absolute atomic E-state index is 11.9. The van der Waals surface area contributed by atoms with Gasteiger partial charge in [0, 0.05) is 25.5 Å². The van der Waals surface area contributed by atoms with E-state index >= 15 is 0 Å². The number of nitrogens with one attached hydrogen (secondary N) is 2. The van der Waals surface area contributed by atoms with Gasteiger partial charge in [-0.15, -0.1) is 0 Å². The summed E-state index contributed by atoms with van der Waals surface area (Å²) in [7, 11) is 0. The molecule has 6 heteroatoms. The van der Waals surface area contributed by atoms with E-state index < -0.39 is 12.1 Å². The Labute approximate surface area is 117 Å². The number of aromatic nitrogens is 1. The Kier molecular flexibility index (Phi) is 5.06. The summed E-state index contributed by atoms with van der Waals surface area (Å²) in [4.78, 5) is 27.7. The fraction of sp³-hybridized carbons (Fsp3) is 0.500. The molecular weight excluding hydrogens is 258 g/mol. The van der Waals surface area contributed by atoms with Crippen LogP contribution in [0.2, 0.25) is 0 Å². The van der Waals surface area contributed by atoms with E-state index in [1.165, 1.54) is 0 Å². The molecule has 1 aromatic rings. The lowest BCUT2D eigenvalue weighted by Gasteiger charge is -2.16. The predicted octanol–water partition coefficient (Wildman–Crippen LogP) is 0.382. The van der Waals surface area contributed by atoms with Gasteiger partial charge in [-0.2, -0.15) is 0 Å². The summed E-state index contributed by atoms with van der Waals surface area (Å²) in [6, 6.07) is 3.11. The zero-order valence-electron chi connectivity index (χ0n) is 11.5. The van der Waals surface area contributed by atoms with Crippen LogP contribution < -0.4 is 10.6 Å². The summed E-state index contributed by atoms with van der Waals surface area (Å²) in [6.07, 6.45) is 4.56. The van der Waals surface area contributed by atoms with Gasteiger partial charge in [-0.25, -0.2) is 0 Å². The SMILES string of the molecule is C[C@H](NC(=O)C1CCCO1)C(=O)NCc1cccnc1. The Morgan fingerprint density at radius 3 is 3.05 bits per heavy atom. The maximum atomic E-state index is 11.9. The second kappa shape index (κ2) is 7.00. The fourth-order valence-electron chi connectivity index (χ4n) is 2.00. The number of hydrogen-bond donors (Lipinski definition) is 2. The van der Waals surface area contributed by atoms with Gasteiger partial charge in [0.25, 0.3) is 0 Å². The van der Waals surface area contributed by atoms with Crippen LogP contribution in [0.15, 0.2) is 24.5 Å². The second-order valence-corrected chi connectivity index (χ2v) is 4.81. The molecule has 0 bridgehead atoms. The van der Waals surface area contributed by atoms with Crippen molar-refractivity contribution in [3.8, 4) is 0 Å². The Bertz CT molecular complexity index is 458. The molecule has 20 heavy (non-hydrogen) atoms. The Balaban J connectivity index is 1.75. The van der Waals surface area contributed by atoms with Crippen LogP contribution in [0.5, 0.6) is 0 Å².